The van der Waals surface area contributed by atoms with Gasteiger partial charge in [-0.2, -0.15) is 13.2 Å². The van der Waals surface area contributed by atoms with Crippen molar-refractivity contribution >= 4 is 17.9 Å². The minimum absolute atomic E-state index is 0.140. The number of halogens is 3. The van der Waals surface area contributed by atoms with Gasteiger partial charge in [0.25, 0.3) is 0 Å². The fourth-order valence-electron chi connectivity index (χ4n) is 2.81. The topological polar surface area (TPSA) is 98.7 Å². The summed E-state index contributed by atoms with van der Waals surface area (Å²) in [6.45, 7) is 0.791. The van der Waals surface area contributed by atoms with Gasteiger partial charge in [-0.25, -0.2) is 9.59 Å². The number of hydrogen-bond acceptors (Lipinski definition) is 3. The molecule has 1 aliphatic rings. The summed E-state index contributed by atoms with van der Waals surface area (Å²) in [4.78, 5) is 35.4. The van der Waals surface area contributed by atoms with E-state index in [0.717, 1.165) is 5.56 Å². The van der Waals surface area contributed by atoms with Crippen molar-refractivity contribution < 1.29 is 32.7 Å². The number of carbonyl (C=O) groups is 3. The van der Waals surface area contributed by atoms with Crippen LogP contribution >= 0.6 is 0 Å². The Labute approximate surface area is 153 Å². The van der Waals surface area contributed by atoms with E-state index >= 15 is 0 Å². The van der Waals surface area contributed by atoms with E-state index in [1.165, 1.54) is 17.0 Å². The minimum Gasteiger partial charge on any atom is -0.478 e. The maximum atomic E-state index is 12.2. The lowest BCUT2D eigenvalue weighted by Gasteiger charge is -2.33. The summed E-state index contributed by atoms with van der Waals surface area (Å²) in [6.07, 6.45) is -3.66. The van der Waals surface area contributed by atoms with Gasteiger partial charge in [0, 0.05) is 26.2 Å². The molecule has 0 aromatic heterocycles. The third-order valence-corrected chi connectivity index (χ3v) is 4.26. The number of benzene rings is 1. The van der Waals surface area contributed by atoms with Crippen molar-refractivity contribution in [2.24, 2.45) is 5.92 Å². The maximum Gasteiger partial charge on any atom is 0.471 e. The number of piperidine rings is 1. The standard InChI is InChI=1S/C17H20F3N3O4/c18-17(19,20)15(26)21-9-12-2-1-7-23(10-12)16(27)22-8-11-3-5-13(6-4-11)14(24)25/h3-6,12H,1-2,7-10H2,(H,21,26)(H,22,27)(H,24,25). The summed E-state index contributed by atoms with van der Waals surface area (Å²) in [5.74, 6) is -3.26. The molecule has 1 aromatic carbocycles. The lowest BCUT2D eigenvalue weighted by molar-refractivity contribution is -0.173. The fraction of sp³-hybridized carbons (Fsp3) is 0.471. The highest BCUT2D eigenvalue weighted by Gasteiger charge is 2.38. The Morgan fingerprint density at radius 3 is 2.41 bits per heavy atom. The SMILES string of the molecule is O=C(O)c1ccc(CNC(=O)N2CCCC(CNC(=O)C(F)(F)F)C2)cc1. The highest BCUT2D eigenvalue weighted by atomic mass is 19.4. The van der Waals surface area contributed by atoms with Crippen LogP contribution in [-0.4, -0.2) is 53.7 Å². The zero-order valence-corrected chi connectivity index (χ0v) is 14.4. The Hall–Kier alpha value is -2.78. The predicted octanol–water partition coefficient (Wildman–Crippen LogP) is 1.98. The summed E-state index contributed by atoms with van der Waals surface area (Å²) in [6, 6.07) is 5.70. The number of hydrogen-bond donors (Lipinski definition) is 3. The molecule has 1 fully saturated rings. The Morgan fingerprint density at radius 1 is 1.15 bits per heavy atom. The molecule has 1 aromatic rings. The number of nitrogens with one attached hydrogen (secondary N) is 2. The molecule has 27 heavy (non-hydrogen) atoms. The number of amides is 3. The first-order valence-corrected chi connectivity index (χ1v) is 8.37. The van der Waals surface area contributed by atoms with Gasteiger partial charge in [0.1, 0.15) is 0 Å². The number of rotatable bonds is 5. The van der Waals surface area contributed by atoms with Crippen LogP contribution < -0.4 is 10.6 Å². The average molecular weight is 387 g/mol. The fourth-order valence-corrected chi connectivity index (χ4v) is 2.81. The number of urea groups is 1. The number of aromatic carboxylic acids is 1. The summed E-state index contributed by atoms with van der Waals surface area (Å²) in [5, 5.41) is 13.4. The second kappa shape index (κ2) is 8.74. The van der Waals surface area contributed by atoms with Crippen molar-refractivity contribution in [3.8, 4) is 0 Å². The molecule has 0 aliphatic carbocycles. The van der Waals surface area contributed by atoms with E-state index < -0.39 is 18.1 Å². The van der Waals surface area contributed by atoms with Gasteiger partial charge < -0.3 is 20.6 Å². The van der Waals surface area contributed by atoms with Crippen molar-refractivity contribution in [3.05, 3.63) is 35.4 Å². The Bertz CT molecular complexity index is 692. The van der Waals surface area contributed by atoms with Crippen molar-refractivity contribution in [1.29, 1.82) is 0 Å². The predicted molar refractivity (Wildman–Crippen MR) is 89.0 cm³/mol. The molecule has 0 radical (unpaired) electrons. The number of carboxylic acids is 1. The summed E-state index contributed by atoms with van der Waals surface area (Å²) in [5.41, 5.74) is 0.865. The number of carboxylic acid groups (broad SMARTS) is 1. The molecule has 0 bridgehead atoms. The van der Waals surface area contributed by atoms with E-state index in [0.29, 0.717) is 19.4 Å². The Kier molecular flexibility index (Phi) is 6.65. The molecule has 7 nitrogen and oxygen atoms in total. The first kappa shape index (κ1) is 20.5. The third-order valence-electron chi connectivity index (χ3n) is 4.26. The Morgan fingerprint density at radius 2 is 1.81 bits per heavy atom. The van der Waals surface area contributed by atoms with Gasteiger partial charge in [0.05, 0.1) is 5.56 Å². The first-order valence-electron chi connectivity index (χ1n) is 8.37. The van der Waals surface area contributed by atoms with E-state index in [1.54, 1.807) is 12.1 Å². The van der Waals surface area contributed by atoms with Crippen molar-refractivity contribution in [3.63, 3.8) is 0 Å². The Balaban J connectivity index is 1.80. The van der Waals surface area contributed by atoms with Crippen LogP contribution in [0, 0.1) is 5.92 Å². The van der Waals surface area contributed by atoms with Crippen molar-refractivity contribution in [1.82, 2.24) is 15.5 Å². The van der Waals surface area contributed by atoms with Crippen LogP contribution in [0.2, 0.25) is 0 Å². The van der Waals surface area contributed by atoms with Crippen LogP contribution in [0.3, 0.4) is 0 Å². The monoisotopic (exact) mass is 387 g/mol. The molecule has 1 aliphatic heterocycles. The van der Waals surface area contributed by atoms with Crippen LogP contribution in [0.1, 0.15) is 28.8 Å². The van der Waals surface area contributed by atoms with Gasteiger partial charge in [-0.05, 0) is 36.5 Å². The third kappa shape index (κ3) is 6.15. The molecule has 1 heterocycles. The molecule has 10 heteroatoms. The van der Waals surface area contributed by atoms with Gasteiger partial charge >= 0.3 is 24.1 Å². The van der Waals surface area contributed by atoms with E-state index in [4.69, 9.17) is 5.11 Å². The number of alkyl halides is 3. The van der Waals surface area contributed by atoms with Crippen LogP contribution in [0.4, 0.5) is 18.0 Å². The normalized spacial score (nSPS) is 17.3. The maximum absolute atomic E-state index is 12.2. The molecule has 1 atom stereocenters. The van der Waals surface area contributed by atoms with E-state index in [-0.39, 0.29) is 37.1 Å². The highest BCUT2D eigenvalue weighted by molar-refractivity contribution is 5.87. The molecule has 0 saturated carbocycles. The first-order chi connectivity index (χ1) is 12.7. The zero-order valence-electron chi connectivity index (χ0n) is 14.4. The quantitative estimate of drug-likeness (QED) is 0.720. The summed E-state index contributed by atoms with van der Waals surface area (Å²) < 4.78 is 36.7. The van der Waals surface area contributed by atoms with E-state index in [2.05, 4.69) is 5.32 Å². The lowest BCUT2D eigenvalue weighted by Crippen LogP contribution is -2.48. The molecule has 2 rings (SSSR count). The average Bonchev–Trinajstić information content (AvgIpc) is 2.63. The lowest BCUT2D eigenvalue weighted by atomic mass is 9.98. The molecule has 3 N–H and O–H groups in total. The van der Waals surface area contributed by atoms with Crippen molar-refractivity contribution in [2.75, 3.05) is 19.6 Å². The van der Waals surface area contributed by atoms with Gasteiger partial charge in [-0.15, -0.1) is 0 Å². The van der Waals surface area contributed by atoms with Gasteiger partial charge in [-0.1, -0.05) is 12.1 Å². The summed E-state index contributed by atoms with van der Waals surface area (Å²) >= 11 is 0. The summed E-state index contributed by atoms with van der Waals surface area (Å²) in [7, 11) is 0. The van der Waals surface area contributed by atoms with Crippen LogP contribution in [-0.2, 0) is 11.3 Å². The molecule has 1 saturated heterocycles. The number of nitrogens with zero attached hydrogens (tertiary/aromatic N) is 1. The second-order valence-corrected chi connectivity index (χ2v) is 6.32. The molecule has 0 spiro atoms. The zero-order chi connectivity index (χ0) is 20.0. The van der Waals surface area contributed by atoms with Crippen LogP contribution in [0.5, 0.6) is 0 Å². The van der Waals surface area contributed by atoms with Gasteiger partial charge in [-0.3, -0.25) is 4.79 Å². The van der Waals surface area contributed by atoms with E-state index in [1.807, 2.05) is 5.32 Å². The smallest absolute Gasteiger partial charge is 0.471 e. The van der Waals surface area contributed by atoms with Crippen molar-refractivity contribution in [2.45, 2.75) is 25.6 Å². The molecule has 1 unspecified atom stereocenters. The van der Waals surface area contributed by atoms with Gasteiger partial charge in [0.15, 0.2) is 0 Å². The molecule has 3 amide bonds. The number of likely N-dealkylation sites (tertiary alicyclic amines) is 1. The highest BCUT2D eigenvalue weighted by Crippen LogP contribution is 2.18. The van der Waals surface area contributed by atoms with E-state index in [9.17, 15) is 27.6 Å². The molecule has 148 valence electrons. The van der Waals surface area contributed by atoms with Crippen LogP contribution in [0.15, 0.2) is 24.3 Å². The minimum atomic E-state index is -4.91. The largest absolute Gasteiger partial charge is 0.478 e. The van der Waals surface area contributed by atoms with Crippen LogP contribution in [0.25, 0.3) is 0 Å². The van der Waals surface area contributed by atoms with Gasteiger partial charge in [0.2, 0.25) is 0 Å². The second-order valence-electron chi connectivity index (χ2n) is 6.32. The molecular formula is C17H20F3N3O4. The number of carbonyl (C=O) groups excluding carboxylic acids is 2. The molecular weight excluding hydrogens is 367 g/mol.